The zero-order valence-corrected chi connectivity index (χ0v) is 16.8. The third-order valence-electron chi connectivity index (χ3n) is 4.27. The predicted molar refractivity (Wildman–Crippen MR) is 107 cm³/mol. The van der Waals surface area contributed by atoms with Gasteiger partial charge in [-0.3, -0.25) is 4.79 Å². The number of hydrogen-bond donors (Lipinski definition) is 1. The minimum absolute atomic E-state index is 0.0288. The van der Waals surface area contributed by atoms with Crippen molar-refractivity contribution in [1.82, 2.24) is 5.32 Å². The summed E-state index contributed by atoms with van der Waals surface area (Å²) in [6, 6.07) is 11.4. The van der Waals surface area contributed by atoms with E-state index >= 15 is 0 Å². The second-order valence-electron chi connectivity index (χ2n) is 6.34. The number of amides is 1. The van der Waals surface area contributed by atoms with Crippen molar-refractivity contribution in [1.29, 1.82) is 0 Å². The SMILES string of the molecule is CCOc1ccc([C@H](C)NC(=O)Cc2ccc(OC)c(C)c2)cc1OCC. The highest BCUT2D eigenvalue weighted by Gasteiger charge is 2.14. The molecule has 0 heterocycles. The Bertz CT molecular complexity index is 773. The van der Waals surface area contributed by atoms with Crippen molar-refractivity contribution in [2.75, 3.05) is 20.3 Å². The molecule has 146 valence electrons. The molecule has 1 atom stereocenters. The maximum atomic E-state index is 12.4. The van der Waals surface area contributed by atoms with Gasteiger partial charge in [0.2, 0.25) is 5.91 Å². The van der Waals surface area contributed by atoms with Gasteiger partial charge in [-0.15, -0.1) is 0 Å². The number of rotatable bonds is 9. The van der Waals surface area contributed by atoms with E-state index in [4.69, 9.17) is 14.2 Å². The van der Waals surface area contributed by atoms with Crippen LogP contribution in [0, 0.1) is 6.92 Å². The Labute approximate surface area is 161 Å². The van der Waals surface area contributed by atoms with Crippen LogP contribution >= 0.6 is 0 Å². The van der Waals surface area contributed by atoms with Crippen molar-refractivity contribution in [3.63, 3.8) is 0 Å². The van der Waals surface area contributed by atoms with Crippen LogP contribution in [0.15, 0.2) is 36.4 Å². The summed E-state index contributed by atoms with van der Waals surface area (Å²) in [6.45, 7) is 8.94. The van der Waals surface area contributed by atoms with E-state index in [1.807, 2.05) is 64.1 Å². The number of methoxy groups -OCH3 is 1. The van der Waals surface area contributed by atoms with Gasteiger partial charge in [-0.1, -0.05) is 18.2 Å². The molecule has 2 aromatic rings. The van der Waals surface area contributed by atoms with Gasteiger partial charge in [-0.25, -0.2) is 0 Å². The molecule has 0 aliphatic heterocycles. The molecule has 0 aliphatic rings. The molecule has 2 rings (SSSR count). The Hall–Kier alpha value is -2.69. The molecule has 1 amide bonds. The Morgan fingerprint density at radius 2 is 1.67 bits per heavy atom. The lowest BCUT2D eigenvalue weighted by atomic mass is 10.1. The molecule has 0 aromatic heterocycles. The number of aryl methyl sites for hydroxylation is 1. The standard InChI is InChI=1S/C22H29NO4/c1-6-26-20-11-9-18(14-21(20)27-7-2)16(4)23-22(24)13-17-8-10-19(25-5)15(3)12-17/h8-12,14,16H,6-7,13H2,1-5H3,(H,23,24)/t16-/m0/s1. The average molecular weight is 371 g/mol. The zero-order valence-electron chi connectivity index (χ0n) is 16.8. The van der Waals surface area contributed by atoms with Crippen molar-refractivity contribution >= 4 is 5.91 Å². The van der Waals surface area contributed by atoms with Gasteiger partial charge >= 0.3 is 0 Å². The first-order valence-electron chi connectivity index (χ1n) is 9.30. The van der Waals surface area contributed by atoms with E-state index in [9.17, 15) is 4.79 Å². The lowest BCUT2D eigenvalue weighted by Gasteiger charge is -2.18. The molecule has 1 N–H and O–H groups in total. The highest BCUT2D eigenvalue weighted by atomic mass is 16.5. The number of carbonyl (C=O) groups excluding carboxylic acids is 1. The molecule has 2 aromatic carbocycles. The number of ether oxygens (including phenoxy) is 3. The summed E-state index contributed by atoms with van der Waals surface area (Å²) in [5.41, 5.74) is 2.95. The molecule has 0 saturated heterocycles. The molecule has 0 bridgehead atoms. The van der Waals surface area contributed by atoms with Crippen molar-refractivity contribution < 1.29 is 19.0 Å². The molecule has 5 heteroatoms. The monoisotopic (exact) mass is 371 g/mol. The molecular weight excluding hydrogens is 342 g/mol. The normalized spacial score (nSPS) is 11.6. The summed E-state index contributed by atoms with van der Waals surface area (Å²) < 4.78 is 16.5. The molecule has 0 saturated carbocycles. The Morgan fingerprint density at radius 3 is 2.30 bits per heavy atom. The minimum atomic E-state index is -0.133. The topological polar surface area (TPSA) is 56.8 Å². The fraction of sp³-hybridized carbons (Fsp3) is 0.409. The first-order valence-corrected chi connectivity index (χ1v) is 9.30. The molecular formula is C22H29NO4. The molecule has 0 unspecified atom stereocenters. The van der Waals surface area contributed by atoms with Crippen LogP contribution in [-0.4, -0.2) is 26.2 Å². The summed E-state index contributed by atoms with van der Waals surface area (Å²) in [5, 5.41) is 3.05. The quantitative estimate of drug-likeness (QED) is 0.717. The van der Waals surface area contributed by atoms with Crippen molar-refractivity contribution in [2.24, 2.45) is 0 Å². The predicted octanol–water partition coefficient (Wildman–Crippen LogP) is 4.22. The van der Waals surface area contributed by atoms with E-state index in [0.29, 0.717) is 25.4 Å². The van der Waals surface area contributed by atoms with Crippen LogP contribution in [0.4, 0.5) is 0 Å². The van der Waals surface area contributed by atoms with Crippen LogP contribution in [0.1, 0.15) is 43.5 Å². The van der Waals surface area contributed by atoms with E-state index in [1.54, 1.807) is 7.11 Å². The maximum absolute atomic E-state index is 12.4. The van der Waals surface area contributed by atoms with Crippen LogP contribution in [0.2, 0.25) is 0 Å². The van der Waals surface area contributed by atoms with Gasteiger partial charge < -0.3 is 19.5 Å². The van der Waals surface area contributed by atoms with E-state index in [1.165, 1.54) is 0 Å². The summed E-state index contributed by atoms with van der Waals surface area (Å²) in [7, 11) is 1.64. The highest BCUT2D eigenvalue weighted by molar-refractivity contribution is 5.79. The maximum Gasteiger partial charge on any atom is 0.224 e. The van der Waals surface area contributed by atoms with Crippen LogP contribution in [0.5, 0.6) is 17.2 Å². The lowest BCUT2D eigenvalue weighted by Crippen LogP contribution is -2.28. The lowest BCUT2D eigenvalue weighted by molar-refractivity contribution is -0.121. The average Bonchev–Trinajstić information content (AvgIpc) is 2.63. The third kappa shape index (κ3) is 5.64. The molecule has 5 nitrogen and oxygen atoms in total. The number of nitrogens with one attached hydrogen (secondary N) is 1. The summed E-state index contributed by atoms with van der Waals surface area (Å²) in [5.74, 6) is 2.21. The first kappa shape index (κ1) is 20.6. The molecule has 0 aliphatic carbocycles. The fourth-order valence-electron chi connectivity index (χ4n) is 2.95. The van der Waals surface area contributed by atoms with Gasteiger partial charge in [0.1, 0.15) is 5.75 Å². The summed E-state index contributed by atoms with van der Waals surface area (Å²) in [6.07, 6.45) is 0.324. The van der Waals surface area contributed by atoms with Gasteiger partial charge in [0.05, 0.1) is 32.8 Å². The van der Waals surface area contributed by atoms with Crippen LogP contribution in [0.3, 0.4) is 0 Å². The zero-order chi connectivity index (χ0) is 19.8. The molecule has 0 radical (unpaired) electrons. The molecule has 0 fully saturated rings. The van der Waals surface area contributed by atoms with E-state index in [-0.39, 0.29) is 11.9 Å². The number of carbonyl (C=O) groups is 1. The first-order chi connectivity index (χ1) is 13.0. The van der Waals surface area contributed by atoms with Crippen LogP contribution in [-0.2, 0) is 11.2 Å². The third-order valence-corrected chi connectivity index (χ3v) is 4.27. The van der Waals surface area contributed by atoms with Crippen LogP contribution < -0.4 is 19.5 Å². The van der Waals surface area contributed by atoms with Gasteiger partial charge in [-0.05, 0) is 62.6 Å². The van der Waals surface area contributed by atoms with Gasteiger partial charge in [0.15, 0.2) is 11.5 Å². The van der Waals surface area contributed by atoms with E-state index < -0.39 is 0 Å². The second-order valence-corrected chi connectivity index (χ2v) is 6.34. The highest BCUT2D eigenvalue weighted by Crippen LogP contribution is 2.30. The fourth-order valence-corrected chi connectivity index (χ4v) is 2.95. The number of hydrogen-bond acceptors (Lipinski definition) is 4. The molecule has 27 heavy (non-hydrogen) atoms. The van der Waals surface area contributed by atoms with Gasteiger partial charge in [0.25, 0.3) is 0 Å². The largest absolute Gasteiger partial charge is 0.496 e. The number of benzene rings is 2. The minimum Gasteiger partial charge on any atom is -0.496 e. The molecule has 0 spiro atoms. The van der Waals surface area contributed by atoms with E-state index in [0.717, 1.165) is 28.2 Å². The van der Waals surface area contributed by atoms with Crippen molar-refractivity contribution in [2.45, 2.75) is 40.2 Å². The summed E-state index contributed by atoms with van der Waals surface area (Å²) >= 11 is 0. The second kappa shape index (κ2) is 9.86. The van der Waals surface area contributed by atoms with Gasteiger partial charge in [0, 0.05) is 0 Å². The van der Waals surface area contributed by atoms with Crippen molar-refractivity contribution in [3.05, 3.63) is 53.1 Å². The smallest absolute Gasteiger partial charge is 0.224 e. The Kier molecular flexibility index (Phi) is 7.53. The Balaban J connectivity index is 2.05. The Morgan fingerprint density at radius 1 is 1.00 bits per heavy atom. The van der Waals surface area contributed by atoms with Crippen LogP contribution in [0.25, 0.3) is 0 Å². The van der Waals surface area contributed by atoms with Gasteiger partial charge in [-0.2, -0.15) is 0 Å². The summed E-state index contributed by atoms with van der Waals surface area (Å²) in [4.78, 5) is 12.4. The van der Waals surface area contributed by atoms with E-state index in [2.05, 4.69) is 5.32 Å². The van der Waals surface area contributed by atoms with Crippen molar-refractivity contribution in [3.8, 4) is 17.2 Å².